The Balaban J connectivity index is 1.93. The zero-order valence-corrected chi connectivity index (χ0v) is 14.9. The van der Waals surface area contributed by atoms with E-state index in [4.69, 9.17) is 5.11 Å². The van der Waals surface area contributed by atoms with Gasteiger partial charge in [-0.3, -0.25) is 9.59 Å². The van der Waals surface area contributed by atoms with Gasteiger partial charge in [0.2, 0.25) is 5.91 Å². The first-order chi connectivity index (χ1) is 11.9. The Morgan fingerprint density at radius 1 is 1.28 bits per heavy atom. The molecule has 1 saturated heterocycles. The lowest BCUT2D eigenvalue weighted by Crippen LogP contribution is -2.50. The topological polar surface area (TPSA) is 60.9 Å². The predicted octanol–water partition coefficient (Wildman–Crippen LogP) is 2.40. The SMILES string of the molecule is CN(C)[C@H]1CCN(C(=O)CCc2ccccc2F)C[C@H]1CCC(=O)O. The number of rotatable bonds is 7. The molecular weight excluding hydrogens is 323 g/mol. The second-order valence-electron chi connectivity index (χ2n) is 6.94. The van der Waals surface area contributed by atoms with Gasteiger partial charge in [0, 0.05) is 32.0 Å². The predicted molar refractivity (Wildman–Crippen MR) is 93.8 cm³/mol. The van der Waals surface area contributed by atoms with E-state index in [9.17, 15) is 14.0 Å². The van der Waals surface area contributed by atoms with Gasteiger partial charge in [0.25, 0.3) is 0 Å². The van der Waals surface area contributed by atoms with Crippen molar-refractivity contribution in [3.63, 3.8) is 0 Å². The van der Waals surface area contributed by atoms with Crippen LogP contribution in [0.4, 0.5) is 4.39 Å². The molecule has 0 bridgehead atoms. The Hall–Kier alpha value is -1.95. The van der Waals surface area contributed by atoms with Crippen LogP contribution in [-0.2, 0) is 16.0 Å². The minimum Gasteiger partial charge on any atom is -0.481 e. The van der Waals surface area contributed by atoms with Crippen LogP contribution in [0.1, 0.15) is 31.2 Å². The molecule has 0 aromatic heterocycles. The summed E-state index contributed by atoms with van der Waals surface area (Å²) in [4.78, 5) is 27.3. The number of aryl methyl sites for hydroxylation is 1. The number of piperidine rings is 1. The minimum absolute atomic E-state index is 0.0146. The maximum Gasteiger partial charge on any atom is 0.303 e. The third-order valence-electron chi connectivity index (χ3n) is 5.00. The van der Waals surface area contributed by atoms with Gasteiger partial charge >= 0.3 is 5.97 Å². The number of halogens is 1. The maximum atomic E-state index is 13.7. The number of hydrogen-bond donors (Lipinski definition) is 1. The Labute approximate surface area is 148 Å². The standard InChI is InChI=1S/C19H27FN2O3/c1-21(2)17-11-12-22(13-15(17)8-10-19(24)25)18(23)9-7-14-5-3-4-6-16(14)20/h3-6,15,17H,7-13H2,1-2H3,(H,24,25)/t15-,17+/m1/s1. The number of hydrogen-bond acceptors (Lipinski definition) is 3. The van der Waals surface area contributed by atoms with Gasteiger partial charge in [0.1, 0.15) is 5.82 Å². The summed E-state index contributed by atoms with van der Waals surface area (Å²) >= 11 is 0. The van der Waals surface area contributed by atoms with E-state index >= 15 is 0 Å². The molecule has 2 rings (SSSR count). The molecule has 1 fully saturated rings. The highest BCUT2D eigenvalue weighted by molar-refractivity contribution is 5.76. The molecule has 5 nitrogen and oxygen atoms in total. The molecule has 1 N–H and O–H groups in total. The van der Waals surface area contributed by atoms with Crippen LogP contribution >= 0.6 is 0 Å². The molecule has 0 spiro atoms. The van der Waals surface area contributed by atoms with Crippen LogP contribution in [0.25, 0.3) is 0 Å². The van der Waals surface area contributed by atoms with Gasteiger partial charge in [0.05, 0.1) is 0 Å². The summed E-state index contributed by atoms with van der Waals surface area (Å²) in [5, 5.41) is 8.95. The third-order valence-corrected chi connectivity index (χ3v) is 5.00. The van der Waals surface area contributed by atoms with E-state index in [0.717, 1.165) is 6.42 Å². The van der Waals surface area contributed by atoms with Crippen LogP contribution in [0.2, 0.25) is 0 Å². The van der Waals surface area contributed by atoms with Crippen LogP contribution in [0.5, 0.6) is 0 Å². The summed E-state index contributed by atoms with van der Waals surface area (Å²) in [5.74, 6) is -0.917. The Morgan fingerprint density at radius 2 is 2.00 bits per heavy atom. The largest absolute Gasteiger partial charge is 0.481 e. The van der Waals surface area contributed by atoms with Crippen molar-refractivity contribution in [3.05, 3.63) is 35.6 Å². The molecular formula is C19H27FN2O3. The van der Waals surface area contributed by atoms with Crippen molar-refractivity contribution in [1.29, 1.82) is 0 Å². The molecule has 138 valence electrons. The summed E-state index contributed by atoms with van der Waals surface area (Å²) in [6.07, 6.45) is 2.18. The fraction of sp³-hybridized carbons (Fsp3) is 0.579. The summed E-state index contributed by atoms with van der Waals surface area (Å²) < 4.78 is 13.7. The van der Waals surface area contributed by atoms with E-state index in [1.807, 2.05) is 19.0 Å². The van der Waals surface area contributed by atoms with Gasteiger partial charge in [-0.05, 0) is 50.9 Å². The van der Waals surface area contributed by atoms with E-state index in [-0.39, 0.29) is 36.5 Å². The molecule has 1 aliphatic rings. The molecule has 0 radical (unpaired) electrons. The zero-order valence-electron chi connectivity index (χ0n) is 14.9. The fourth-order valence-electron chi connectivity index (χ4n) is 3.62. The highest BCUT2D eigenvalue weighted by Crippen LogP contribution is 2.25. The van der Waals surface area contributed by atoms with E-state index < -0.39 is 5.97 Å². The van der Waals surface area contributed by atoms with Crippen LogP contribution in [0.15, 0.2) is 24.3 Å². The van der Waals surface area contributed by atoms with Gasteiger partial charge in [-0.1, -0.05) is 18.2 Å². The quantitative estimate of drug-likeness (QED) is 0.820. The van der Waals surface area contributed by atoms with Crippen molar-refractivity contribution >= 4 is 11.9 Å². The van der Waals surface area contributed by atoms with Gasteiger partial charge in [-0.2, -0.15) is 0 Å². The number of aliphatic carboxylic acids is 1. The molecule has 6 heteroatoms. The minimum atomic E-state index is -0.805. The Kier molecular flexibility index (Phi) is 6.93. The van der Waals surface area contributed by atoms with Gasteiger partial charge in [-0.25, -0.2) is 4.39 Å². The first-order valence-corrected chi connectivity index (χ1v) is 8.78. The molecule has 1 aliphatic heterocycles. The van der Waals surface area contributed by atoms with Crippen LogP contribution < -0.4 is 0 Å². The Bertz CT molecular complexity index is 606. The molecule has 1 heterocycles. The van der Waals surface area contributed by atoms with E-state index in [2.05, 4.69) is 4.90 Å². The molecule has 1 aromatic rings. The average molecular weight is 350 g/mol. The van der Waals surface area contributed by atoms with E-state index in [1.165, 1.54) is 6.07 Å². The number of nitrogens with zero attached hydrogens (tertiary/aromatic N) is 2. The smallest absolute Gasteiger partial charge is 0.303 e. The first kappa shape index (κ1) is 19.4. The number of likely N-dealkylation sites (tertiary alicyclic amines) is 1. The number of amides is 1. The summed E-state index contributed by atoms with van der Waals surface area (Å²) in [5.41, 5.74) is 0.557. The fourth-order valence-corrected chi connectivity index (χ4v) is 3.62. The number of carboxylic acids is 1. The Morgan fingerprint density at radius 3 is 2.64 bits per heavy atom. The highest BCUT2D eigenvalue weighted by Gasteiger charge is 2.32. The first-order valence-electron chi connectivity index (χ1n) is 8.78. The number of benzene rings is 1. The van der Waals surface area contributed by atoms with E-state index in [1.54, 1.807) is 18.2 Å². The van der Waals surface area contributed by atoms with Crippen molar-refractivity contribution in [1.82, 2.24) is 9.80 Å². The van der Waals surface area contributed by atoms with Crippen molar-refractivity contribution in [3.8, 4) is 0 Å². The molecule has 25 heavy (non-hydrogen) atoms. The molecule has 1 amide bonds. The normalized spacial score (nSPS) is 20.7. The second kappa shape index (κ2) is 8.94. The zero-order chi connectivity index (χ0) is 18.4. The van der Waals surface area contributed by atoms with Crippen molar-refractivity contribution in [2.45, 2.75) is 38.1 Å². The lowest BCUT2D eigenvalue weighted by atomic mass is 9.87. The lowest BCUT2D eigenvalue weighted by molar-refractivity contribution is -0.137. The number of carbonyl (C=O) groups is 2. The average Bonchev–Trinajstić information content (AvgIpc) is 2.58. The molecule has 0 saturated carbocycles. The molecule has 2 atom stereocenters. The summed E-state index contributed by atoms with van der Waals surface area (Å²) in [6, 6.07) is 6.81. The van der Waals surface area contributed by atoms with Gasteiger partial charge in [-0.15, -0.1) is 0 Å². The molecule has 0 aliphatic carbocycles. The van der Waals surface area contributed by atoms with Crippen molar-refractivity contribution in [2.75, 3.05) is 27.2 Å². The lowest BCUT2D eigenvalue weighted by Gasteiger charge is -2.41. The van der Waals surface area contributed by atoms with Gasteiger partial charge in [0.15, 0.2) is 0 Å². The number of carboxylic acid groups (broad SMARTS) is 1. The van der Waals surface area contributed by atoms with Gasteiger partial charge < -0.3 is 14.9 Å². The van der Waals surface area contributed by atoms with Crippen LogP contribution in [0, 0.1) is 11.7 Å². The maximum absolute atomic E-state index is 13.7. The second-order valence-corrected chi connectivity index (χ2v) is 6.94. The highest BCUT2D eigenvalue weighted by atomic mass is 19.1. The molecule has 0 unspecified atom stereocenters. The van der Waals surface area contributed by atoms with Crippen molar-refractivity contribution < 1.29 is 19.1 Å². The summed E-state index contributed by atoms with van der Waals surface area (Å²) in [7, 11) is 3.99. The number of carbonyl (C=O) groups excluding carboxylic acids is 1. The third kappa shape index (κ3) is 5.53. The van der Waals surface area contributed by atoms with Crippen LogP contribution in [0.3, 0.4) is 0 Å². The van der Waals surface area contributed by atoms with Crippen molar-refractivity contribution in [2.24, 2.45) is 5.92 Å². The molecule has 1 aromatic carbocycles. The van der Waals surface area contributed by atoms with Crippen LogP contribution in [-0.4, -0.2) is 60.0 Å². The monoisotopic (exact) mass is 350 g/mol. The van der Waals surface area contributed by atoms with E-state index in [0.29, 0.717) is 31.5 Å². The summed E-state index contributed by atoms with van der Waals surface area (Å²) in [6.45, 7) is 1.24.